The molecule has 1 aromatic heterocycles. The minimum atomic E-state index is -0.269. The maximum atomic E-state index is 13.0. The Morgan fingerprint density at radius 3 is 2.78 bits per heavy atom. The molecule has 2 heterocycles. The van der Waals surface area contributed by atoms with Gasteiger partial charge in [-0.3, -0.25) is 14.3 Å². The first kappa shape index (κ1) is 24.6. The summed E-state index contributed by atoms with van der Waals surface area (Å²) in [5.41, 5.74) is 0.745. The van der Waals surface area contributed by atoms with Gasteiger partial charge in [-0.05, 0) is 26.2 Å². The highest BCUT2D eigenvalue weighted by molar-refractivity contribution is 5.78. The highest BCUT2D eigenvalue weighted by Crippen LogP contribution is 2.26. The maximum Gasteiger partial charge on any atom is 0.225 e. The predicted octanol–water partition coefficient (Wildman–Crippen LogP) is 1.84. The Kier molecular flexibility index (Phi) is 9.04. The molecule has 1 fully saturated rings. The molecule has 3 atom stereocenters. The zero-order valence-electron chi connectivity index (χ0n) is 19.8. The van der Waals surface area contributed by atoms with Crippen LogP contribution in [0.5, 0.6) is 0 Å². The van der Waals surface area contributed by atoms with Gasteiger partial charge < -0.3 is 19.6 Å². The molecule has 9 nitrogen and oxygen atoms in total. The van der Waals surface area contributed by atoms with Gasteiger partial charge in [-0.25, -0.2) is 0 Å². The van der Waals surface area contributed by atoms with E-state index in [1.165, 1.54) is 6.42 Å². The quantitative estimate of drug-likeness (QED) is 0.736. The zero-order valence-corrected chi connectivity index (χ0v) is 19.8. The van der Waals surface area contributed by atoms with Crippen LogP contribution < -0.4 is 0 Å². The lowest BCUT2D eigenvalue weighted by atomic mass is 9.88. The van der Waals surface area contributed by atoms with Crippen molar-refractivity contribution >= 4 is 11.8 Å². The van der Waals surface area contributed by atoms with Crippen LogP contribution >= 0.6 is 0 Å². The second kappa shape index (κ2) is 11.7. The monoisotopic (exact) mass is 449 g/mol. The number of nitrogens with zero attached hydrogens (tertiary/aromatic N) is 5. The molecule has 2 amide bonds. The van der Waals surface area contributed by atoms with Crippen molar-refractivity contribution in [2.45, 2.75) is 84.1 Å². The molecule has 1 saturated carbocycles. The summed E-state index contributed by atoms with van der Waals surface area (Å²) in [6.45, 7) is 5.67. The molecule has 2 bridgehead atoms. The number of aryl methyl sites for hydroxylation is 1. The van der Waals surface area contributed by atoms with Crippen LogP contribution in [0.3, 0.4) is 0 Å². The molecule has 3 rings (SSSR count). The van der Waals surface area contributed by atoms with Gasteiger partial charge in [0.1, 0.15) is 5.69 Å². The van der Waals surface area contributed by atoms with E-state index in [0.29, 0.717) is 39.1 Å². The number of fused-ring (bicyclic) bond motifs is 2. The lowest BCUT2D eigenvalue weighted by molar-refractivity contribution is -0.140. The van der Waals surface area contributed by atoms with Gasteiger partial charge in [0.2, 0.25) is 11.8 Å². The SMILES string of the molecule is C[C@H](CO)N1C[C@H](C)[C@H](CN(C)C(=O)C2CCCCC2)OCc2cn(nn2)CCCC1=O. The fourth-order valence-electron chi connectivity index (χ4n) is 4.71. The number of aliphatic hydroxyl groups is 1. The molecule has 0 radical (unpaired) electrons. The minimum absolute atomic E-state index is 0.0170. The van der Waals surface area contributed by atoms with E-state index in [9.17, 15) is 14.7 Å². The lowest BCUT2D eigenvalue weighted by Crippen LogP contribution is -2.48. The average Bonchev–Trinajstić information content (AvgIpc) is 3.26. The summed E-state index contributed by atoms with van der Waals surface area (Å²) in [6, 6.07) is -0.269. The van der Waals surface area contributed by atoms with Crippen molar-refractivity contribution in [3.05, 3.63) is 11.9 Å². The van der Waals surface area contributed by atoms with Gasteiger partial charge in [0.15, 0.2) is 0 Å². The highest BCUT2D eigenvalue weighted by Gasteiger charge is 2.30. The third-order valence-corrected chi connectivity index (χ3v) is 6.83. The Labute approximate surface area is 191 Å². The molecular weight excluding hydrogens is 410 g/mol. The average molecular weight is 450 g/mol. The number of amides is 2. The van der Waals surface area contributed by atoms with Gasteiger partial charge in [0.05, 0.1) is 31.6 Å². The van der Waals surface area contributed by atoms with Gasteiger partial charge in [-0.1, -0.05) is 31.4 Å². The molecule has 180 valence electrons. The zero-order chi connectivity index (χ0) is 23.1. The van der Waals surface area contributed by atoms with Gasteiger partial charge >= 0.3 is 0 Å². The largest absolute Gasteiger partial charge is 0.394 e. The number of rotatable bonds is 5. The van der Waals surface area contributed by atoms with Gasteiger partial charge in [-0.15, -0.1) is 5.10 Å². The van der Waals surface area contributed by atoms with E-state index >= 15 is 0 Å². The van der Waals surface area contributed by atoms with E-state index in [1.54, 1.807) is 14.5 Å². The molecule has 1 aliphatic heterocycles. The van der Waals surface area contributed by atoms with Crippen LogP contribution in [0.15, 0.2) is 6.20 Å². The van der Waals surface area contributed by atoms with Gasteiger partial charge in [0.25, 0.3) is 0 Å². The fraction of sp³-hybridized carbons (Fsp3) is 0.826. The summed E-state index contributed by atoms with van der Waals surface area (Å²) in [5.74, 6) is 0.283. The van der Waals surface area contributed by atoms with Crippen LogP contribution in [-0.4, -0.2) is 80.6 Å². The molecule has 32 heavy (non-hydrogen) atoms. The molecule has 0 spiro atoms. The summed E-state index contributed by atoms with van der Waals surface area (Å²) in [4.78, 5) is 29.5. The van der Waals surface area contributed by atoms with Crippen LogP contribution in [0.25, 0.3) is 0 Å². The van der Waals surface area contributed by atoms with Crippen molar-refractivity contribution in [2.75, 3.05) is 26.7 Å². The Morgan fingerprint density at radius 1 is 1.31 bits per heavy atom. The normalized spacial score (nSPS) is 24.9. The number of likely N-dealkylation sites (N-methyl/N-ethyl adjacent to an activating group) is 1. The van der Waals surface area contributed by atoms with Crippen molar-refractivity contribution in [3.8, 4) is 0 Å². The van der Waals surface area contributed by atoms with Crippen LogP contribution in [0.4, 0.5) is 0 Å². The predicted molar refractivity (Wildman–Crippen MR) is 119 cm³/mol. The number of aliphatic hydroxyl groups excluding tert-OH is 1. The van der Waals surface area contributed by atoms with E-state index in [2.05, 4.69) is 10.3 Å². The molecule has 0 saturated heterocycles. The van der Waals surface area contributed by atoms with Crippen molar-refractivity contribution in [1.82, 2.24) is 24.8 Å². The van der Waals surface area contributed by atoms with Gasteiger partial charge in [0, 0.05) is 44.9 Å². The number of hydrogen-bond donors (Lipinski definition) is 1. The minimum Gasteiger partial charge on any atom is -0.394 e. The van der Waals surface area contributed by atoms with Crippen LogP contribution in [0.2, 0.25) is 0 Å². The van der Waals surface area contributed by atoms with E-state index in [1.807, 2.05) is 27.1 Å². The smallest absolute Gasteiger partial charge is 0.225 e. The second-order valence-electron chi connectivity index (χ2n) is 9.53. The van der Waals surface area contributed by atoms with Crippen molar-refractivity contribution in [3.63, 3.8) is 0 Å². The molecule has 1 aliphatic carbocycles. The molecule has 0 unspecified atom stereocenters. The summed E-state index contributed by atoms with van der Waals surface area (Å²) in [6.07, 6.45) is 8.01. The third kappa shape index (κ3) is 6.51. The Hall–Kier alpha value is -2.00. The summed E-state index contributed by atoms with van der Waals surface area (Å²) < 4.78 is 8.00. The number of ether oxygens (including phenoxy) is 1. The van der Waals surface area contributed by atoms with Gasteiger partial charge in [-0.2, -0.15) is 0 Å². The molecular formula is C23H39N5O4. The summed E-state index contributed by atoms with van der Waals surface area (Å²) in [7, 11) is 1.85. The number of carbonyl (C=O) groups excluding carboxylic acids is 2. The van der Waals surface area contributed by atoms with Crippen molar-refractivity contribution in [2.24, 2.45) is 11.8 Å². The Bertz CT molecular complexity index is 749. The molecule has 1 N–H and O–H groups in total. The topological polar surface area (TPSA) is 101 Å². The first-order chi connectivity index (χ1) is 15.4. The van der Waals surface area contributed by atoms with E-state index in [-0.39, 0.29) is 42.4 Å². The second-order valence-corrected chi connectivity index (χ2v) is 9.53. The Morgan fingerprint density at radius 2 is 2.06 bits per heavy atom. The van der Waals surface area contributed by atoms with Crippen LogP contribution in [0, 0.1) is 11.8 Å². The van der Waals surface area contributed by atoms with E-state index < -0.39 is 0 Å². The molecule has 1 aromatic rings. The standard InChI is InChI=1S/C23H39N5O4/c1-17-12-28(18(2)15-29)22(30)10-7-11-27-13-20(24-25-27)16-32-21(17)14-26(3)23(31)19-8-5-4-6-9-19/h13,17-19,21,29H,4-12,14-16H2,1-3H3/t17-,18+,21-/m0/s1. The van der Waals surface area contributed by atoms with Crippen LogP contribution in [-0.2, 0) is 27.5 Å². The van der Waals surface area contributed by atoms with E-state index in [4.69, 9.17) is 4.74 Å². The number of aromatic nitrogens is 3. The molecule has 2 aliphatic rings. The first-order valence-corrected chi connectivity index (χ1v) is 12.0. The molecule has 0 aromatic carbocycles. The third-order valence-electron chi connectivity index (χ3n) is 6.83. The highest BCUT2D eigenvalue weighted by atomic mass is 16.5. The molecule has 9 heteroatoms. The van der Waals surface area contributed by atoms with E-state index in [0.717, 1.165) is 31.4 Å². The summed E-state index contributed by atoms with van der Waals surface area (Å²) >= 11 is 0. The number of hydrogen-bond acceptors (Lipinski definition) is 6. The maximum absolute atomic E-state index is 13.0. The number of carbonyl (C=O) groups is 2. The lowest BCUT2D eigenvalue weighted by Gasteiger charge is -2.36. The van der Waals surface area contributed by atoms with Crippen molar-refractivity contribution < 1.29 is 19.4 Å². The van der Waals surface area contributed by atoms with Crippen LogP contribution in [0.1, 0.15) is 64.5 Å². The summed E-state index contributed by atoms with van der Waals surface area (Å²) in [5, 5.41) is 18.0. The fourth-order valence-corrected chi connectivity index (χ4v) is 4.71. The first-order valence-electron chi connectivity index (χ1n) is 12.0. The Balaban J connectivity index is 1.75. The van der Waals surface area contributed by atoms with Crippen molar-refractivity contribution in [1.29, 1.82) is 0 Å².